The van der Waals surface area contributed by atoms with Crippen LogP contribution >= 0.6 is 0 Å². The first-order valence-corrected chi connectivity index (χ1v) is 13.3. The molecule has 0 radical (unpaired) electrons. The summed E-state index contributed by atoms with van der Waals surface area (Å²) in [5.41, 5.74) is 0.286. The second-order valence-corrected chi connectivity index (χ2v) is 11.3. The number of carbonyl (C=O) groups excluding carboxylic acids is 2. The fourth-order valence-electron chi connectivity index (χ4n) is 5.19. The molecule has 0 spiro atoms. The van der Waals surface area contributed by atoms with Crippen LogP contribution in [-0.2, 0) is 4.74 Å². The molecule has 40 heavy (non-hydrogen) atoms. The van der Waals surface area contributed by atoms with E-state index in [1.807, 2.05) is 9.48 Å². The number of aromatic carboxylic acids is 1. The summed E-state index contributed by atoms with van der Waals surface area (Å²) in [6.07, 6.45) is 1.89. The highest BCUT2D eigenvalue weighted by molar-refractivity contribution is 6.09. The monoisotopic (exact) mass is 546 g/mol. The predicted molar refractivity (Wildman–Crippen MR) is 144 cm³/mol. The zero-order valence-corrected chi connectivity index (χ0v) is 22.5. The van der Waals surface area contributed by atoms with Crippen molar-refractivity contribution in [2.24, 2.45) is 0 Å². The molecule has 206 valence electrons. The smallest absolute Gasteiger partial charge is 0.338 e. The standard InChI is InChI=1S/C31H28F2N2O5/c1-31(2,3)40-30(38)17-6-7-18(29(36)37)19(12-17)28-20-13-22(32)24(34-8-4-9-34)15-26(20)39-27-16-25(35-10-5-11-35)23(33)14-21(27)28/h6-7,12-16H,4-5,8-11H2,1-3H3. The summed E-state index contributed by atoms with van der Waals surface area (Å²) in [6, 6.07) is 9.71. The lowest BCUT2D eigenvalue weighted by molar-refractivity contribution is -0.254. The Morgan fingerprint density at radius 2 is 1.73 bits per heavy atom. The van der Waals surface area contributed by atoms with Gasteiger partial charge >= 0.3 is 5.97 Å². The Balaban J connectivity index is 1.69. The van der Waals surface area contributed by atoms with E-state index in [0.717, 1.165) is 12.8 Å². The summed E-state index contributed by atoms with van der Waals surface area (Å²) in [6.45, 7) is 7.99. The van der Waals surface area contributed by atoms with Crippen molar-refractivity contribution in [3.05, 3.63) is 70.6 Å². The summed E-state index contributed by atoms with van der Waals surface area (Å²) >= 11 is 0. The van der Waals surface area contributed by atoms with Crippen LogP contribution in [-0.4, -0.2) is 43.7 Å². The van der Waals surface area contributed by atoms with Gasteiger partial charge in [0.2, 0.25) is 5.36 Å². The van der Waals surface area contributed by atoms with Crippen molar-refractivity contribution in [2.75, 3.05) is 31.1 Å². The van der Waals surface area contributed by atoms with Gasteiger partial charge in [-0.3, -0.25) is 0 Å². The van der Waals surface area contributed by atoms with Gasteiger partial charge in [-0.25, -0.2) is 13.8 Å². The molecule has 0 N–H and O–H groups in total. The van der Waals surface area contributed by atoms with Crippen LogP contribution in [0.1, 0.15) is 54.3 Å². The van der Waals surface area contributed by atoms with Gasteiger partial charge in [0.1, 0.15) is 35.9 Å². The second-order valence-electron chi connectivity index (χ2n) is 11.3. The highest BCUT2D eigenvalue weighted by atomic mass is 19.1. The summed E-state index contributed by atoms with van der Waals surface area (Å²) in [7, 11) is 0. The van der Waals surface area contributed by atoms with Crippen LogP contribution in [0.4, 0.5) is 14.5 Å². The van der Waals surface area contributed by atoms with Gasteiger partial charge in [0.05, 0.1) is 29.7 Å². The molecule has 0 bridgehead atoms. The summed E-state index contributed by atoms with van der Waals surface area (Å²) < 4.78 is 44.6. The maximum atomic E-state index is 15.5. The molecule has 2 aromatic carbocycles. The molecule has 7 nitrogen and oxygen atoms in total. The average Bonchev–Trinajstić information content (AvgIpc) is 2.80. The molecular weight excluding hydrogens is 518 g/mol. The van der Waals surface area contributed by atoms with E-state index in [1.165, 1.54) is 30.3 Å². The van der Waals surface area contributed by atoms with Crippen LogP contribution in [0.5, 0.6) is 0 Å². The molecule has 4 aliphatic rings. The molecule has 1 aliphatic carbocycles. The second kappa shape index (κ2) is 9.43. The minimum Gasteiger partial charge on any atom is -0.545 e. The van der Waals surface area contributed by atoms with Crippen LogP contribution in [0.15, 0.2) is 46.9 Å². The van der Waals surface area contributed by atoms with E-state index in [1.54, 1.807) is 32.9 Å². The lowest BCUT2D eigenvalue weighted by atomic mass is 9.89. The van der Waals surface area contributed by atoms with Gasteiger partial charge in [0.15, 0.2) is 5.82 Å². The number of carboxylic acids is 1. The molecule has 3 heterocycles. The van der Waals surface area contributed by atoms with Crippen LogP contribution in [0.2, 0.25) is 0 Å². The molecule has 0 saturated carbocycles. The molecule has 3 aliphatic heterocycles. The van der Waals surface area contributed by atoms with Crippen molar-refractivity contribution in [3.8, 4) is 22.5 Å². The Morgan fingerprint density at radius 1 is 0.975 bits per heavy atom. The van der Waals surface area contributed by atoms with Gasteiger partial charge in [-0.15, -0.1) is 0 Å². The van der Waals surface area contributed by atoms with Crippen molar-refractivity contribution in [2.45, 2.75) is 39.2 Å². The average molecular weight is 547 g/mol. The fourth-order valence-corrected chi connectivity index (χ4v) is 5.19. The Bertz CT molecular complexity index is 1740. The minimum atomic E-state index is -1.50. The van der Waals surface area contributed by atoms with Gasteiger partial charge in [0.25, 0.3) is 0 Å². The number of esters is 1. The van der Waals surface area contributed by atoms with E-state index in [0.29, 0.717) is 48.6 Å². The Kier molecular flexibility index (Phi) is 6.12. The number of ether oxygens (including phenoxy) is 1. The molecule has 6 rings (SSSR count). The number of carboxylic acid groups (broad SMARTS) is 1. The first kappa shape index (κ1) is 26.0. The van der Waals surface area contributed by atoms with Crippen LogP contribution in [0, 0.1) is 11.6 Å². The predicted octanol–water partition coefficient (Wildman–Crippen LogP) is 4.19. The largest absolute Gasteiger partial charge is 0.545 e. The third-order valence-corrected chi connectivity index (χ3v) is 7.39. The summed E-state index contributed by atoms with van der Waals surface area (Å²) in [5, 5.41) is 12.9. The maximum Gasteiger partial charge on any atom is 0.338 e. The molecule has 0 amide bonds. The van der Waals surface area contributed by atoms with Gasteiger partial charge in [-0.05, 0) is 57.0 Å². The molecular formula is C31H28F2N2O5. The Hall–Kier alpha value is -4.27. The molecule has 2 fully saturated rings. The Morgan fingerprint density at radius 3 is 2.33 bits per heavy atom. The molecule has 0 aromatic heterocycles. The van der Waals surface area contributed by atoms with Crippen molar-refractivity contribution >= 4 is 28.6 Å². The normalized spacial score (nSPS) is 15.2. The molecule has 9 heteroatoms. The van der Waals surface area contributed by atoms with Gasteiger partial charge < -0.3 is 24.0 Å². The van der Waals surface area contributed by atoms with E-state index in [9.17, 15) is 14.7 Å². The molecule has 2 aromatic rings. The number of anilines is 1. The van der Waals surface area contributed by atoms with Crippen molar-refractivity contribution in [3.63, 3.8) is 0 Å². The number of fused-ring (bicyclic) bond motifs is 2. The van der Waals surface area contributed by atoms with E-state index >= 15 is 8.78 Å². The topological polar surface area (TPSA) is 85.8 Å². The van der Waals surface area contributed by atoms with Gasteiger partial charge in [0, 0.05) is 41.2 Å². The first-order valence-electron chi connectivity index (χ1n) is 13.3. The first-order chi connectivity index (χ1) is 19.0. The quantitative estimate of drug-likeness (QED) is 0.217. The van der Waals surface area contributed by atoms with Crippen LogP contribution in [0.3, 0.4) is 0 Å². The zero-order valence-electron chi connectivity index (χ0n) is 22.5. The Labute approximate surface area is 229 Å². The maximum absolute atomic E-state index is 15.5. The number of hydrogen-bond acceptors (Lipinski definition) is 6. The van der Waals surface area contributed by atoms with Gasteiger partial charge in [-0.2, -0.15) is 4.39 Å². The van der Waals surface area contributed by atoms with Crippen LogP contribution in [0.25, 0.3) is 33.4 Å². The van der Waals surface area contributed by atoms with Crippen molar-refractivity contribution in [1.29, 1.82) is 0 Å². The summed E-state index contributed by atoms with van der Waals surface area (Å²) in [5.74, 6) is -2.88. The van der Waals surface area contributed by atoms with E-state index in [4.69, 9.17) is 9.15 Å². The fraction of sp³-hybridized carbons (Fsp3) is 0.323. The summed E-state index contributed by atoms with van der Waals surface area (Å²) in [4.78, 5) is 27.1. The number of hydrogen-bond donors (Lipinski definition) is 0. The minimum absolute atomic E-state index is 0.0707. The number of halogens is 2. The highest BCUT2D eigenvalue weighted by Gasteiger charge is 2.28. The van der Waals surface area contributed by atoms with Crippen molar-refractivity contribution in [1.82, 2.24) is 4.58 Å². The van der Waals surface area contributed by atoms with E-state index in [2.05, 4.69) is 0 Å². The highest BCUT2D eigenvalue weighted by Crippen LogP contribution is 2.43. The van der Waals surface area contributed by atoms with Crippen molar-refractivity contribution < 1.29 is 32.6 Å². The SMILES string of the molecule is CC(C)(C)OC(=O)c1ccc(C(=O)[O-])c(-c2c3cc(F)c(=[N+]4CCC4)cc-3oc3cc(N4CCC4)c(F)cc23)c1. The number of nitrogens with zero attached hydrogens (tertiary/aromatic N) is 2. The lowest BCUT2D eigenvalue weighted by Crippen LogP contribution is -2.42. The third-order valence-electron chi connectivity index (χ3n) is 7.39. The molecule has 0 atom stereocenters. The van der Waals surface area contributed by atoms with E-state index in [-0.39, 0.29) is 33.2 Å². The molecule has 2 saturated heterocycles. The lowest BCUT2D eigenvalue weighted by Gasteiger charge is -2.33. The molecule has 0 unspecified atom stereocenters. The zero-order chi connectivity index (χ0) is 28.3. The number of carbonyl (C=O) groups is 2. The number of benzene rings is 3. The van der Waals surface area contributed by atoms with Gasteiger partial charge in [-0.1, -0.05) is 6.07 Å². The van der Waals surface area contributed by atoms with Crippen LogP contribution < -0.4 is 19.9 Å². The third kappa shape index (κ3) is 4.49. The van der Waals surface area contributed by atoms with E-state index < -0.39 is 29.2 Å². The number of rotatable bonds is 4.